The van der Waals surface area contributed by atoms with Crippen molar-refractivity contribution >= 4 is 21.6 Å². The Morgan fingerprint density at radius 1 is 1.04 bits per heavy atom. The maximum Gasteiger partial charge on any atom is 0.265 e. The number of hydrogen-bond acceptors (Lipinski definition) is 5. The van der Waals surface area contributed by atoms with Crippen molar-refractivity contribution < 1.29 is 22.4 Å². The summed E-state index contributed by atoms with van der Waals surface area (Å²) >= 11 is 0. The number of hydrogen-bond donors (Lipinski definition) is 2. The molecule has 2 aromatic carbocycles. The van der Waals surface area contributed by atoms with Gasteiger partial charge in [0.1, 0.15) is 16.4 Å². The second-order valence-electron chi connectivity index (χ2n) is 5.56. The van der Waals surface area contributed by atoms with E-state index in [0.29, 0.717) is 5.76 Å². The van der Waals surface area contributed by atoms with E-state index >= 15 is 0 Å². The number of sulfonamides is 1. The lowest BCUT2D eigenvalue weighted by atomic mass is 10.1. The van der Waals surface area contributed by atoms with Gasteiger partial charge in [0.05, 0.1) is 31.2 Å². The summed E-state index contributed by atoms with van der Waals surface area (Å²) in [5, 5.41) is 2.70. The van der Waals surface area contributed by atoms with E-state index in [-0.39, 0.29) is 28.4 Å². The summed E-state index contributed by atoms with van der Waals surface area (Å²) in [6, 6.07) is 16.1. The van der Waals surface area contributed by atoms with Gasteiger partial charge in [-0.2, -0.15) is 0 Å². The average molecular weight is 386 g/mol. The standard InChI is InChI=1S/C19H18N2O5S/c1-25-17-10-4-5-11-18(17)27(23,24)21-16-9-3-2-8-15(16)19(22)20-13-14-7-6-12-26-14/h2-12,21H,13H2,1H3,(H,20,22). The lowest BCUT2D eigenvalue weighted by molar-refractivity contribution is 0.0949. The van der Waals surface area contributed by atoms with Crippen molar-refractivity contribution in [3.63, 3.8) is 0 Å². The highest BCUT2D eigenvalue weighted by atomic mass is 32.2. The third-order valence-corrected chi connectivity index (χ3v) is 5.18. The van der Waals surface area contributed by atoms with Crippen LogP contribution in [0.2, 0.25) is 0 Å². The molecule has 0 fully saturated rings. The van der Waals surface area contributed by atoms with Crippen molar-refractivity contribution in [3.8, 4) is 5.75 Å². The quantitative estimate of drug-likeness (QED) is 0.650. The van der Waals surface area contributed by atoms with Crippen molar-refractivity contribution in [3.05, 3.63) is 78.3 Å². The Labute approximate surface area is 157 Å². The van der Waals surface area contributed by atoms with Crippen LogP contribution in [0.1, 0.15) is 16.1 Å². The van der Waals surface area contributed by atoms with E-state index in [1.165, 1.54) is 31.6 Å². The first kappa shape index (κ1) is 18.5. The average Bonchev–Trinajstić information content (AvgIpc) is 3.20. The van der Waals surface area contributed by atoms with Crippen molar-refractivity contribution in [1.82, 2.24) is 5.32 Å². The van der Waals surface area contributed by atoms with Crippen LogP contribution in [0.3, 0.4) is 0 Å². The van der Waals surface area contributed by atoms with E-state index in [2.05, 4.69) is 10.0 Å². The Kier molecular flexibility index (Phi) is 5.46. The molecule has 0 atom stereocenters. The molecule has 1 amide bonds. The van der Waals surface area contributed by atoms with Crippen LogP contribution in [-0.4, -0.2) is 21.4 Å². The van der Waals surface area contributed by atoms with Crippen LogP contribution < -0.4 is 14.8 Å². The number of rotatable bonds is 7. The van der Waals surface area contributed by atoms with Gasteiger partial charge in [-0.3, -0.25) is 9.52 Å². The van der Waals surface area contributed by atoms with Crippen LogP contribution in [-0.2, 0) is 16.6 Å². The largest absolute Gasteiger partial charge is 0.495 e. The molecule has 3 rings (SSSR count). The van der Waals surface area contributed by atoms with Crippen LogP contribution in [0, 0.1) is 0 Å². The summed E-state index contributed by atoms with van der Waals surface area (Å²) < 4.78 is 38.3. The molecule has 0 unspecified atom stereocenters. The van der Waals surface area contributed by atoms with Crippen LogP contribution in [0.4, 0.5) is 5.69 Å². The molecule has 7 nitrogen and oxygen atoms in total. The molecule has 0 saturated heterocycles. The first-order chi connectivity index (χ1) is 13.0. The fourth-order valence-electron chi connectivity index (χ4n) is 2.49. The number of para-hydroxylation sites is 2. The zero-order chi connectivity index (χ0) is 19.3. The minimum Gasteiger partial charge on any atom is -0.495 e. The Hall–Kier alpha value is -3.26. The molecule has 27 heavy (non-hydrogen) atoms. The zero-order valence-corrected chi connectivity index (χ0v) is 15.3. The van der Waals surface area contributed by atoms with Gasteiger partial charge in [0.15, 0.2) is 0 Å². The van der Waals surface area contributed by atoms with Gasteiger partial charge >= 0.3 is 0 Å². The normalized spacial score (nSPS) is 11.0. The second kappa shape index (κ2) is 7.96. The number of carbonyl (C=O) groups is 1. The summed E-state index contributed by atoms with van der Waals surface area (Å²) in [5.41, 5.74) is 0.364. The maximum atomic E-state index is 12.8. The van der Waals surface area contributed by atoms with E-state index in [1.807, 2.05) is 0 Å². The number of anilines is 1. The monoisotopic (exact) mass is 386 g/mol. The van der Waals surface area contributed by atoms with Gasteiger partial charge < -0.3 is 14.5 Å². The molecule has 0 bridgehead atoms. The summed E-state index contributed by atoms with van der Waals surface area (Å²) in [7, 11) is -2.55. The Balaban J connectivity index is 1.84. The topological polar surface area (TPSA) is 97.6 Å². The van der Waals surface area contributed by atoms with Gasteiger partial charge in [-0.05, 0) is 36.4 Å². The number of furan rings is 1. The van der Waals surface area contributed by atoms with Crippen LogP contribution in [0.25, 0.3) is 0 Å². The van der Waals surface area contributed by atoms with E-state index in [0.717, 1.165) is 0 Å². The minimum absolute atomic E-state index is 0.0155. The number of nitrogens with one attached hydrogen (secondary N) is 2. The van der Waals surface area contributed by atoms with E-state index < -0.39 is 15.9 Å². The molecule has 0 aliphatic rings. The molecule has 0 radical (unpaired) electrons. The fraction of sp³-hybridized carbons (Fsp3) is 0.105. The highest BCUT2D eigenvalue weighted by Gasteiger charge is 2.21. The van der Waals surface area contributed by atoms with Gasteiger partial charge in [0.25, 0.3) is 15.9 Å². The molecule has 1 aromatic heterocycles. The molecule has 0 saturated carbocycles. The molecule has 8 heteroatoms. The molecular weight excluding hydrogens is 368 g/mol. The van der Waals surface area contributed by atoms with Gasteiger partial charge in [-0.25, -0.2) is 8.42 Å². The Bertz CT molecular complexity index is 1030. The van der Waals surface area contributed by atoms with Crippen molar-refractivity contribution in [2.75, 3.05) is 11.8 Å². The second-order valence-corrected chi connectivity index (χ2v) is 7.21. The maximum absolute atomic E-state index is 12.8. The van der Waals surface area contributed by atoms with Gasteiger partial charge in [-0.1, -0.05) is 24.3 Å². The van der Waals surface area contributed by atoms with Gasteiger partial charge in [-0.15, -0.1) is 0 Å². The highest BCUT2D eigenvalue weighted by Crippen LogP contribution is 2.26. The van der Waals surface area contributed by atoms with E-state index in [4.69, 9.17) is 9.15 Å². The fourth-order valence-corrected chi connectivity index (χ4v) is 3.74. The predicted molar refractivity (Wildman–Crippen MR) is 100 cm³/mol. The van der Waals surface area contributed by atoms with Crippen molar-refractivity contribution in [1.29, 1.82) is 0 Å². The molecular formula is C19H18N2O5S. The van der Waals surface area contributed by atoms with Crippen molar-refractivity contribution in [2.45, 2.75) is 11.4 Å². The van der Waals surface area contributed by atoms with E-state index in [1.54, 1.807) is 42.5 Å². The Morgan fingerprint density at radius 3 is 2.52 bits per heavy atom. The number of amides is 1. The lowest BCUT2D eigenvalue weighted by Gasteiger charge is -2.14. The molecule has 3 aromatic rings. The Morgan fingerprint density at radius 2 is 1.78 bits per heavy atom. The summed E-state index contributed by atoms with van der Waals surface area (Å²) in [4.78, 5) is 12.5. The lowest BCUT2D eigenvalue weighted by Crippen LogP contribution is -2.24. The third-order valence-electron chi connectivity index (χ3n) is 3.78. The number of methoxy groups -OCH3 is 1. The molecule has 0 spiro atoms. The van der Waals surface area contributed by atoms with Crippen LogP contribution in [0.15, 0.2) is 76.2 Å². The minimum atomic E-state index is -3.94. The first-order valence-electron chi connectivity index (χ1n) is 8.07. The van der Waals surface area contributed by atoms with Gasteiger partial charge in [0, 0.05) is 0 Å². The SMILES string of the molecule is COc1ccccc1S(=O)(=O)Nc1ccccc1C(=O)NCc1ccco1. The zero-order valence-electron chi connectivity index (χ0n) is 14.5. The number of benzene rings is 2. The number of ether oxygens (including phenoxy) is 1. The number of carbonyl (C=O) groups excluding carboxylic acids is 1. The third kappa shape index (κ3) is 4.29. The van der Waals surface area contributed by atoms with Crippen LogP contribution in [0.5, 0.6) is 5.75 Å². The molecule has 1 heterocycles. The summed E-state index contributed by atoms with van der Waals surface area (Å²) in [6.45, 7) is 0.194. The van der Waals surface area contributed by atoms with Crippen molar-refractivity contribution in [2.24, 2.45) is 0 Å². The van der Waals surface area contributed by atoms with E-state index in [9.17, 15) is 13.2 Å². The first-order valence-corrected chi connectivity index (χ1v) is 9.55. The highest BCUT2D eigenvalue weighted by molar-refractivity contribution is 7.92. The molecule has 140 valence electrons. The van der Waals surface area contributed by atoms with Crippen LogP contribution >= 0.6 is 0 Å². The predicted octanol–water partition coefficient (Wildman–Crippen LogP) is 3.02. The molecule has 0 aliphatic carbocycles. The molecule has 2 N–H and O–H groups in total. The summed E-state index contributed by atoms with van der Waals surface area (Å²) in [6.07, 6.45) is 1.51. The molecule has 0 aliphatic heterocycles. The summed E-state index contributed by atoms with van der Waals surface area (Å²) in [5.74, 6) is 0.380. The van der Waals surface area contributed by atoms with Gasteiger partial charge in [0.2, 0.25) is 0 Å². The smallest absolute Gasteiger partial charge is 0.265 e.